The molecule has 0 heterocycles. The van der Waals surface area contributed by atoms with Crippen LogP contribution < -0.4 is 14.8 Å². The van der Waals surface area contributed by atoms with Crippen molar-refractivity contribution in [2.45, 2.75) is 17.9 Å². The van der Waals surface area contributed by atoms with Gasteiger partial charge in [-0.05, 0) is 61.5 Å². The normalized spacial score (nSPS) is 12.1. The third kappa shape index (κ3) is 5.49. The molecule has 0 aliphatic heterocycles. The SMILES string of the molecule is CC(Oc1cccc(Cl)c1)C(=O)Nc1ccc(S(=O)(=O)Nc2ccccc2F)cc1. The van der Waals surface area contributed by atoms with E-state index in [9.17, 15) is 17.6 Å². The molecule has 0 aliphatic carbocycles. The Bertz CT molecular complexity index is 1150. The van der Waals surface area contributed by atoms with Crippen LogP contribution in [0.15, 0.2) is 77.7 Å². The van der Waals surface area contributed by atoms with Gasteiger partial charge in [-0.1, -0.05) is 29.8 Å². The highest BCUT2D eigenvalue weighted by Crippen LogP contribution is 2.21. The molecule has 0 saturated heterocycles. The Hall–Kier alpha value is -3.10. The quantitative estimate of drug-likeness (QED) is 0.549. The van der Waals surface area contributed by atoms with Gasteiger partial charge in [-0.3, -0.25) is 9.52 Å². The van der Waals surface area contributed by atoms with Gasteiger partial charge in [0.25, 0.3) is 15.9 Å². The van der Waals surface area contributed by atoms with Gasteiger partial charge in [0.2, 0.25) is 0 Å². The second-order valence-corrected chi connectivity index (χ2v) is 8.44. The van der Waals surface area contributed by atoms with E-state index in [1.165, 1.54) is 42.5 Å². The van der Waals surface area contributed by atoms with E-state index in [4.69, 9.17) is 16.3 Å². The Morgan fingerprint density at radius 2 is 1.73 bits per heavy atom. The van der Waals surface area contributed by atoms with Gasteiger partial charge in [-0.15, -0.1) is 0 Å². The van der Waals surface area contributed by atoms with Crippen LogP contribution >= 0.6 is 11.6 Å². The zero-order valence-electron chi connectivity index (χ0n) is 15.8. The number of anilines is 2. The molecule has 0 aromatic heterocycles. The lowest BCUT2D eigenvalue weighted by molar-refractivity contribution is -0.122. The van der Waals surface area contributed by atoms with Crippen molar-refractivity contribution in [2.75, 3.05) is 10.0 Å². The van der Waals surface area contributed by atoms with Gasteiger partial charge >= 0.3 is 0 Å². The average molecular weight is 449 g/mol. The lowest BCUT2D eigenvalue weighted by atomic mass is 10.3. The summed E-state index contributed by atoms with van der Waals surface area (Å²) >= 11 is 5.89. The van der Waals surface area contributed by atoms with Gasteiger partial charge in [0.15, 0.2) is 6.10 Å². The molecule has 0 aliphatic rings. The molecule has 2 N–H and O–H groups in total. The number of hydrogen-bond donors (Lipinski definition) is 2. The summed E-state index contributed by atoms with van der Waals surface area (Å²) in [5.74, 6) is -0.653. The molecule has 0 radical (unpaired) electrons. The van der Waals surface area contributed by atoms with Crippen molar-refractivity contribution in [3.8, 4) is 5.75 Å². The number of carbonyl (C=O) groups is 1. The highest BCUT2D eigenvalue weighted by atomic mass is 35.5. The summed E-state index contributed by atoms with van der Waals surface area (Å²) in [5, 5.41) is 3.13. The van der Waals surface area contributed by atoms with Crippen molar-refractivity contribution in [1.82, 2.24) is 0 Å². The number of amides is 1. The van der Waals surface area contributed by atoms with Crippen LogP contribution in [0.5, 0.6) is 5.75 Å². The van der Waals surface area contributed by atoms with E-state index in [-0.39, 0.29) is 10.6 Å². The number of halogens is 2. The monoisotopic (exact) mass is 448 g/mol. The number of para-hydroxylation sites is 1. The molecule has 0 fully saturated rings. The van der Waals surface area contributed by atoms with Crippen molar-refractivity contribution in [2.24, 2.45) is 0 Å². The molecule has 1 unspecified atom stereocenters. The molecule has 1 atom stereocenters. The molecule has 9 heteroatoms. The summed E-state index contributed by atoms with van der Waals surface area (Å²) in [5.41, 5.74) is 0.230. The first-order valence-electron chi connectivity index (χ1n) is 8.85. The van der Waals surface area contributed by atoms with E-state index >= 15 is 0 Å². The first-order chi connectivity index (χ1) is 14.2. The Morgan fingerprint density at radius 3 is 2.40 bits per heavy atom. The van der Waals surface area contributed by atoms with E-state index in [2.05, 4.69) is 10.0 Å². The lowest BCUT2D eigenvalue weighted by Gasteiger charge is -2.15. The van der Waals surface area contributed by atoms with Crippen LogP contribution in [0, 0.1) is 5.82 Å². The number of carbonyl (C=O) groups excluding carboxylic acids is 1. The van der Waals surface area contributed by atoms with Crippen LogP contribution in [0.2, 0.25) is 5.02 Å². The zero-order chi connectivity index (χ0) is 21.7. The van der Waals surface area contributed by atoms with Gasteiger partial charge in [-0.2, -0.15) is 0 Å². The van der Waals surface area contributed by atoms with E-state index in [0.717, 1.165) is 6.07 Å². The molecule has 3 aromatic rings. The fourth-order valence-electron chi connectivity index (χ4n) is 2.51. The smallest absolute Gasteiger partial charge is 0.265 e. The van der Waals surface area contributed by atoms with E-state index in [0.29, 0.717) is 16.5 Å². The van der Waals surface area contributed by atoms with Gasteiger partial charge < -0.3 is 10.1 Å². The third-order valence-electron chi connectivity index (χ3n) is 4.03. The number of benzene rings is 3. The molecule has 3 aromatic carbocycles. The maximum absolute atomic E-state index is 13.7. The molecular weight excluding hydrogens is 431 g/mol. The fraction of sp³-hybridized carbons (Fsp3) is 0.0952. The minimum absolute atomic E-state index is 0.0769. The second-order valence-electron chi connectivity index (χ2n) is 6.32. The summed E-state index contributed by atoms with van der Waals surface area (Å²) in [6.07, 6.45) is -0.811. The van der Waals surface area contributed by atoms with E-state index in [1.807, 2.05) is 0 Å². The summed E-state index contributed by atoms with van der Waals surface area (Å²) < 4.78 is 46.3. The Morgan fingerprint density at radius 1 is 1.03 bits per heavy atom. The van der Waals surface area contributed by atoms with Crippen LogP contribution in [0.4, 0.5) is 15.8 Å². The van der Waals surface area contributed by atoms with Crippen LogP contribution in [0.1, 0.15) is 6.92 Å². The second kappa shape index (κ2) is 9.15. The first kappa shape index (κ1) is 21.6. The van der Waals surface area contributed by atoms with E-state index in [1.54, 1.807) is 31.2 Å². The molecule has 0 saturated carbocycles. The molecule has 1 amide bonds. The van der Waals surface area contributed by atoms with Crippen LogP contribution in [0.25, 0.3) is 0 Å². The largest absolute Gasteiger partial charge is 0.481 e. The summed E-state index contributed by atoms with van der Waals surface area (Å²) in [7, 11) is -3.98. The number of sulfonamides is 1. The first-order valence-corrected chi connectivity index (χ1v) is 10.7. The number of hydrogen-bond acceptors (Lipinski definition) is 4. The Kier molecular flexibility index (Phi) is 6.59. The van der Waals surface area contributed by atoms with Crippen molar-refractivity contribution < 1.29 is 22.3 Å². The predicted octanol–water partition coefficient (Wildman–Crippen LogP) is 4.69. The minimum atomic E-state index is -3.98. The Labute approximate surface area is 178 Å². The van der Waals surface area contributed by atoms with Crippen LogP contribution in [-0.2, 0) is 14.8 Å². The highest BCUT2D eigenvalue weighted by Gasteiger charge is 2.18. The minimum Gasteiger partial charge on any atom is -0.481 e. The standard InChI is InChI=1S/C21H18ClFN2O4S/c1-14(29-17-6-4-5-15(22)13-17)21(26)24-16-9-11-18(12-10-16)30(27,28)25-20-8-3-2-7-19(20)23/h2-14,25H,1H3,(H,24,26). The molecule has 30 heavy (non-hydrogen) atoms. The van der Waals surface area contributed by atoms with Crippen molar-refractivity contribution in [3.63, 3.8) is 0 Å². The zero-order valence-corrected chi connectivity index (χ0v) is 17.4. The van der Waals surface area contributed by atoms with Gasteiger partial charge in [-0.25, -0.2) is 12.8 Å². The molecule has 6 nitrogen and oxygen atoms in total. The van der Waals surface area contributed by atoms with Gasteiger partial charge in [0.05, 0.1) is 10.6 Å². The Balaban J connectivity index is 1.65. The lowest BCUT2D eigenvalue weighted by Crippen LogP contribution is -2.30. The van der Waals surface area contributed by atoms with Crippen molar-refractivity contribution in [1.29, 1.82) is 0 Å². The summed E-state index contributed by atoms with van der Waals surface area (Å²) in [4.78, 5) is 12.2. The van der Waals surface area contributed by atoms with Crippen molar-refractivity contribution in [3.05, 3.63) is 83.6 Å². The molecule has 0 bridgehead atoms. The third-order valence-corrected chi connectivity index (χ3v) is 5.65. The fourth-order valence-corrected chi connectivity index (χ4v) is 3.75. The average Bonchev–Trinajstić information content (AvgIpc) is 2.70. The maximum Gasteiger partial charge on any atom is 0.265 e. The van der Waals surface area contributed by atoms with Crippen LogP contribution in [-0.4, -0.2) is 20.4 Å². The maximum atomic E-state index is 13.7. The molecular formula is C21H18ClFN2O4S. The summed E-state index contributed by atoms with van der Waals surface area (Å²) in [6.45, 7) is 1.58. The molecule has 156 valence electrons. The number of rotatable bonds is 7. The molecule has 0 spiro atoms. The molecule has 3 rings (SSSR count). The highest BCUT2D eigenvalue weighted by molar-refractivity contribution is 7.92. The topological polar surface area (TPSA) is 84.5 Å². The number of nitrogens with one attached hydrogen (secondary N) is 2. The number of ether oxygens (including phenoxy) is 1. The van der Waals surface area contributed by atoms with Gasteiger partial charge in [0.1, 0.15) is 11.6 Å². The van der Waals surface area contributed by atoms with Crippen LogP contribution in [0.3, 0.4) is 0 Å². The summed E-state index contributed by atoms with van der Waals surface area (Å²) in [6, 6.07) is 17.6. The van der Waals surface area contributed by atoms with Gasteiger partial charge in [0, 0.05) is 10.7 Å². The predicted molar refractivity (Wildman–Crippen MR) is 114 cm³/mol. The van der Waals surface area contributed by atoms with E-state index < -0.39 is 27.9 Å². The van der Waals surface area contributed by atoms with Crippen molar-refractivity contribution >= 4 is 38.9 Å².